The molecule has 1 unspecified atom stereocenters. The Bertz CT molecular complexity index is 1500. The molecule has 2 amide bonds. The van der Waals surface area contributed by atoms with Crippen LogP contribution in [0.2, 0.25) is 0 Å². The standard InChI is InChI=1S/C40H46N2O5/c1-38(2,3)46-36(44)41-29-40(32-23-15-9-16-24-32,33-25-17-10-18-26-33)35(42(27-28-43)37(45)47-39(4,5)6)34(30-19-11-7-12-20-30)31-21-13-8-14-22-31/h7-26,28,34-35H,27,29H2,1-6H3,(H,41,44). The van der Waals surface area contributed by atoms with E-state index in [0.717, 1.165) is 28.5 Å². The summed E-state index contributed by atoms with van der Waals surface area (Å²) in [5.41, 5.74) is 0.827. The Hall–Kier alpha value is -4.91. The third-order valence-electron chi connectivity index (χ3n) is 7.86. The molecule has 0 aliphatic carbocycles. The molecule has 0 heterocycles. The van der Waals surface area contributed by atoms with Crippen molar-refractivity contribution >= 4 is 18.5 Å². The summed E-state index contributed by atoms with van der Waals surface area (Å²) in [4.78, 5) is 41.9. The molecular formula is C40H46N2O5. The van der Waals surface area contributed by atoms with Crippen molar-refractivity contribution in [2.24, 2.45) is 0 Å². The molecule has 246 valence electrons. The number of hydrogen-bond donors (Lipinski definition) is 1. The fourth-order valence-electron chi connectivity index (χ4n) is 6.12. The summed E-state index contributed by atoms with van der Waals surface area (Å²) in [5, 5.41) is 3.07. The maximum Gasteiger partial charge on any atom is 0.411 e. The van der Waals surface area contributed by atoms with Crippen LogP contribution in [0, 0.1) is 0 Å². The molecule has 0 aliphatic heterocycles. The molecule has 0 fully saturated rings. The molecule has 0 saturated carbocycles. The maximum absolute atomic E-state index is 14.4. The van der Waals surface area contributed by atoms with Gasteiger partial charge in [-0.25, -0.2) is 9.59 Å². The number of alkyl carbamates (subject to hydrolysis) is 1. The second-order valence-electron chi connectivity index (χ2n) is 13.6. The van der Waals surface area contributed by atoms with Crippen LogP contribution < -0.4 is 5.32 Å². The van der Waals surface area contributed by atoms with E-state index in [9.17, 15) is 14.4 Å². The van der Waals surface area contributed by atoms with Gasteiger partial charge in [0.05, 0.1) is 18.0 Å². The third kappa shape index (κ3) is 8.88. The molecule has 0 radical (unpaired) electrons. The SMILES string of the molecule is CC(C)(C)OC(=O)NCC(c1ccccc1)(c1ccccc1)C(C(c1ccccc1)c1ccccc1)N(CC=O)C(=O)OC(C)(C)C. The van der Waals surface area contributed by atoms with Crippen LogP contribution in [0.1, 0.15) is 69.7 Å². The van der Waals surface area contributed by atoms with E-state index in [2.05, 4.69) is 5.32 Å². The molecule has 4 aromatic rings. The van der Waals surface area contributed by atoms with Crippen molar-refractivity contribution < 1.29 is 23.9 Å². The molecule has 0 spiro atoms. The van der Waals surface area contributed by atoms with Gasteiger partial charge in [0.25, 0.3) is 0 Å². The number of aldehydes is 1. The molecule has 0 aromatic heterocycles. The van der Waals surface area contributed by atoms with E-state index >= 15 is 0 Å². The van der Waals surface area contributed by atoms with Crippen molar-refractivity contribution in [3.63, 3.8) is 0 Å². The van der Waals surface area contributed by atoms with Gasteiger partial charge in [0.15, 0.2) is 0 Å². The lowest BCUT2D eigenvalue weighted by Gasteiger charge is -2.50. The molecule has 4 rings (SSSR count). The number of benzene rings is 4. The third-order valence-corrected chi connectivity index (χ3v) is 7.86. The van der Waals surface area contributed by atoms with Crippen LogP contribution in [-0.4, -0.2) is 53.7 Å². The summed E-state index contributed by atoms with van der Waals surface area (Å²) in [6.07, 6.45) is -0.505. The largest absolute Gasteiger partial charge is 0.444 e. The monoisotopic (exact) mass is 634 g/mol. The zero-order valence-electron chi connectivity index (χ0n) is 28.2. The van der Waals surface area contributed by atoms with Crippen LogP contribution in [0.5, 0.6) is 0 Å². The van der Waals surface area contributed by atoms with Crippen molar-refractivity contribution in [3.8, 4) is 0 Å². The number of carbonyl (C=O) groups excluding carboxylic acids is 3. The van der Waals surface area contributed by atoms with Crippen LogP contribution in [0.4, 0.5) is 9.59 Å². The zero-order chi connectivity index (χ0) is 34.1. The highest BCUT2D eigenvalue weighted by molar-refractivity contribution is 5.74. The Morgan fingerprint density at radius 2 is 1.06 bits per heavy atom. The fourth-order valence-corrected chi connectivity index (χ4v) is 6.12. The number of nitrogens with zero attached hydrogens (tertiary/aromatic N) is 1. The smallest absolute Gasteiger partial charge is 0.411 e. The molecule has 4 aromatic carbocycles. The van der Waals surface area contributed by atoms with Gasteiger partial charge in [-0.15, -0.1) is 0 Å². The predicted octanol–water partition coefficient (Wildman–Crippen LogP) is 8.13. The quantitative estimate of drug-likeness (QED) is 0.168. The van der Waals surface area contributed by atoms with Gasteiger partial charge in [0, 0.05) is 12.5 Å². The first-order chi connectivity index (χ1) is 22.4. The van der Waals surface area contributed by atoms with E-state index in [1.165, 1.54) is 4.90 Å². The van der Waals surface area contributed by atoms with Crippen LogP contribution in [0.3, 0.4) is 0 Å². The number of hydrogen-bond acceptors (Lipinski definition) is 5. The summed E-state index contributed by atoms with van der Waals surface area (Å²) in [5.74, 6) is -0.481. The Labute approximate surface area is 278 Å². The highest BCUT2D eigenvalue weighted by Crippen LogP contribution is 2.47. The first kappa shape index (κ1) is 35.0. The lowest BCUT2D eigenvalue weighted by Crippen LogP contribution is -2.61. The van der Waals surface area contributed by atoms with Crippen LogP contribution in [0.15, 0.2) is 121 Å². The molecular weight excluding hydrogens is 588 g/mol. The number of ether oxygens (including phenoxy) is 2. The number of nitrogens with one attached hydrogen (secondary N) is 1. The first-order valence-electron chi connectivity index (χ1n) is 16.0. The van der Waals surface area contributed by atoms with Crippen molar-refractivity contribution in [2.75, 3.05) is 13.1 Å². The van der Waals surface area contributed by atoms with Crippen molar-refractivity contribution in [1.29, 1.82) is 0 Å². The van der Waals surface area contributed by atoms with Crippen LogP contribution >= 0.6 is 0 Å². The van der Waals surface area contributed by atoms with E-state index in [0.29, 0.717) is 0 Å². The minimum absolute atomic E-state index is 0.0366. The zero-order valence-corrected chi connectivity index (χ0v) is 28.2. The van der Waals surface area contributed by atoms with E-state index in [-0.39, 0.29) is 13.1 Å². The highest BCUT2D eigenvalue weighted by atomic mass is 16.6. The van der Waals surface area contributed by atoms with Crippen molar-refractivity contribution in [2.45, 2.75) is 70.1 Å². The summed E-state index contributed by atoms with van der Waals surface area (Å²) in [7, 11) is 0. The van der Waals surface area contributed by atoms with Gasteiger partial charge in [-0.1, -0.05) is 121 Å². The summed E-state index contributed by atoms with van der Waals surface area (Å²) >= 11 is 0. The minimum atomic E-state index is -1.13. The Morgan fingerprint density at radius 3 is 1.45 bits per heavy atom. The van der Waals surface area contributed by atoms with Crippen molar-refractivity contribution in [3.05, 3.63) is 144 Å². The lowest BCUT2D eigenvalue weighted by atomic mass is 9.62. The minimum Gasteiger partial charge on any atom is -0.444 e. The summed E-state index contributed by atoms with van der Waals surface area (Å²) in [6.45, 7) is 10.6. The summed E-state index contributed by atoms with van der Waals surface area (Å²) in [6, 6.07) is 38.7. The number of rotatable bonds is 11. The van der Waals surface area contributed by atoms with Crippen LogP contribution in [0.25, 0.3) is 0 Å². The average Bonchev–Trinajstić information content (AvgIpc) is 3.04. The van der Waals surface area contributed by atoms with E-state index < -0.39 is 40.8 Å². The Kier molecular flexibility index (Phi) is 11.2. The molecule has 1 N–H and O–H groups in total. The van der Waals surface area contributed by atoms with E-state index in [1.54, 1.807) is 20.8 Å². The van der Waals surface area contributed by atoms with Gasteiger partial charge in [0.2, 0.25) is 0 Å². The molecule has 1 atom stereocenters. The normalized spacial score (nSPS) is 12.6. The van der Waals surface area contributed by atoms with Gasteiger partial charge in [-0.3, -0.25) is 4.90 Å². The first-order valence-corrected chi connectivity index (χ1v) is 16.0. The number of carbonyl (C=O) groups is 3. The van der Waals surface area contributed by atoms with Crippen LogP contribution in [-0.2, 0) is 19.7 Å². The van der Waals surface area contributed by atoms with Gasteiger partial charge in [0.1, 0.15) is 17.5 Å². The lowest BCUT2D eigenvalue weighted by molar-refractivity contribution is -0.109. The maximum atomic E-state index is 14.4. The fraction of sp³-hybridized carbons (Fsp3) is 0.325. The van der Waals surface area contributed by atoms with E-state index in [4.69, 9.17) is 9.47 Å². The van der Waals surface area contributed by atoms with Gasteiger partial charge >= 0.3 is 12.2 Å². The topological polar surface area (TPSA) is 84.9 Å². The molecule has 47 heavy (non-hydrogen) atoms. The summed E-state index contributed by atoms with van der Waals surface area (Å²) < 4.78 is 11.8. The number of amides is 2. The van der Waals surface area contributed by atoms with Gasteiger partial charge in [-0.2, -0.15) is 0 Å². The second-order valence-corrected chi connectivity index (χ2v) is 13.6. The van der Waals surface area contributed by atoms with Gasteiger partial charge < -0.3 is 19.6 Å². The van der Waals surface area contributed by atoms with Crippen molar-refractivity contribution in [1.82, 2.24) is 10.2 Å². The predicted molar refractivity (Wildman–Crippen MR) is 185 cm³/mol. The molecule has 0 saturated heterocycles. The van der Waals surface area contributed by atoms with E-state index in [1.807, 2.05) is 142 Å². The molecule has 7 nitrogen and oxygen atoms in total. The average molecular weight is 635 g/mol. The highest BCUT2D eigenvalue weighted by Gasteiger charge is 2.52. The van der Waals surface area contributed by atoms with Gasteiger partial charge in [-0.05, 0) is 63.8 Å². The molecule has 7 heteroatoms. The second kappa shape index (κ2) is 15.1. The molecule has 0 aliphatic rings. The Balaban J connectivity index is 2.14. The Morgan fingerprint density at radius 1 is 0.660 bits per heavy atom. The molecule has 0 bridgehead atoms.